The largest absolute Gasteiger partial charge is 0.481 e. The second-order valence-corrected chi connectivity index (χ2v) is 4.53. The van der Waals surface area contributed by atoms with Gasteiger partial charge in [0.1, 0.15) is 0 Å². The van der Waals surface area contributed by atoms with E-state index >= 15 is 0 Å². The highest BCUT2D eigenvalue weighted by molar-refractivity contribution is 5.71. The number of hydrogen-bond donors (Lipinski definition) is 1. The molecule has 1 fully saturated rings. The normalized spacial score (nSPS) is 17.1. The zero-order chi connectivity index (χ0) is 12.4. The van der Waals surface area contributed by atoms with Crippen LogP contribution in [0.4, 0.5) is 0 Å². The Hall–Kier alpha value is -1.36. The number of aliphatic carboxylic acids is 1. The molecule has 0 aliphatic carbocycles. The van der Waals surface area contributed by atoms with Crippen LogP contribution in [-0.2, 0) is 24.3 Å². The van der Waals surface area contributed by atoms with Crippen LogP contribution in [0.5, 0.6) is 0 Å². The maximum Gasteiger partial charge on any atom is 0.309 e. The lowest BCUT2D eigenvalue weighted by Gasteiger charge is -2.36. The van der Waals surface area contributed by atoms with Crippen molar-refractivity contribution in [1.29, 1.82) is 0 Å². The summed E-state index contributed by atoms with van der Waals surface area (Å²) in [6.45, 7) is 7.16. The van der Waals surface area contributed by atoms with E-state index in [1.807, 2.05) is 4.68 Å². The van der Waals surface area contributed by atoms with Gasteiger partial charge in [0.25, 0.3) is 0 Å². The minimum atomic E-state index is -0.681. The molecule has 1 aromatic rings. The fraction of sp³-hybridized carbons (Fsp3) is 0.667. The molecular weight excluding hydrogens is 218 g/mol. The van der Waals surface area contributed by atoms with Gasteiger partial charge in [-0.2, -0.15) is 5.10 Å². The van der Waals surface area contributed by atoms with E-state index in [1.165, 1.54) is 5.69 Å². The van der Waals surface area contributed by atoms with Crippen LogP contribution < -0.4 is 0 Å². The maximum atomic E-state index is 10.7. The van der Waals surface area contributed by atoms with E-state index in [0.717, 1.165) is 25.2 Å². The number of carbonyl (C=O) groups is 1. The number of carboxylic acids is 1. The Morgan fingerprint density at radius 3 is 2.76 bits per heavy atom. The lowest BCUT2D eigenvalue weighted by molar-refractivity contribution is -0.147. The van der Waals surface area contributed by atoms with Gasteiger partial charge in [-0.05, 0) is 19.4 Å². The first-order valence-electron chi connectivity index (χ1n) is 6.14. The molecule has 0 amide bonds. The molecule has 0 radical (unpaired) electrons. The van der Waals surface area contributed by atoms with Crippen molar-refractivity contribution in [1.82, 2.24) is 14.7 Å². The third-order valence-corrected chi connectivity index (χ3v) is 3.27. The minimum absolute atomic E-state index is 0.182. The maximum absolute atomic E-state index is 10.7. The predicted molar refractivity (Wildman–Crippen MR) is 63.7 cm³/mol. The first kappa shape index (κ1) is 12.1. The molecule has 1 aliphatic heterocycles. The van der Waals surface area contributed by atoms with Crippen LogP contribution in [-0.4, -0.2) is 38.8 Å². The van der Waals surface area contributed by atoms with Crippen LogP contribution in [0.1, 0.15) is 25.2 Å². The lowest BCUT2D eigenvalue weighted by atomic mass is 10.0. The smallest absolute Gasteiger partial charge is 0.309 e. The van der Waals surface area contributed by atoms with Crippen LogP contribution in [0.15, 0.2) is 6.07 Å². The molecule has 0 spiro atoms. The standard InChI is InChI=1S/C12H19N3O2/c1-3-10-5-11(15(4-2)13-10)8-14-6-9(7-14)12(16)17/h5,9H,3-4,6-8H2,1-2H3,(H,16,17). The third-order valence-electron chi connectivity index (χ3n) is 3.27. The molecule has 0 bridgehead atoms. The molecule has 1 aliphatic rings. The van der Waals surface area contributed by atoms with Gasteiger partial charge < -0.3 is 5.11 Å². The summed E-state index contributed by atoms with van der Waals surface area (Å²) in [7, 11) is 0. The summed E-state index contributed by atoms with van der Waals surface area (Å²) in [6.07, 6.45) is 0.942. The van der Waals surface area contributed by atoms with E-state index in [0.29, 0.717) is 13.1 Å². The van der Waals surface area contributed by atoms with Crippen molar-refractivity contribution in [3.63, 3.8) is 0 Å². The topological polar surface area (TPSA) is 58.4 Å². The van der Waals surface area contributed by atoms with Crippen LogP contribution >= 0.6 is 0 Å². The Kier molecular flexibility index (Phi) is 3.47. The third kappa shape index (κ3) is 2.49. The molecule has 5 heteroatoms. The van der Waals surface area contributed by atoms with Gasteiger partial charge in [-0.3, -0.25) is 14.4 Å². The first-order chi connectivity index (χ1) is 8.13. The van der Waals surface area contributed by atoms with Crippen molar-refractivity contribution in [2.24, 2.45) is 5.92 Å². The highest BCUT2D eigenvalue weighted by atomic mass is 16.4. The number of aromatic nitrogens is 2. The molecule has 17 heavy (non-hydrogen) atoms. The van der Waals surface area contributed by atoms with Crippen molar-refractivity contribution in [2.75, 3.05) is 13.1 Å². The molecule has 2 rings (SSSR count). The summed E-state index contributed by atoms with van der Waals surface area (Å²) in [5.74, 6) is -0.863. The van der Waals surface area contributed by atoms with Gasteiger partial charge in [0.2, 0.25) is 0 Å². The van der Waals surface area contributed by atoms with E-state index in [1.54, 1.807) is 0 Å². The van der Waals surface area contributed by atoms with Gasteiger partial charge in [0, 0.05) is 26.2 Å². The Morgan fingerprint density at radius 1 is 1.53 bits per heavy atom. The predicted octanol–water partition coefficient (Wildman–Crippen LogP) is 0.982. The fourth-order valence-electron chi connectivity index (χ4n) is 2.17. The van der Waals surface area contributed by atoms with Crippen molar-refractivity contribution in [2.45, 2.75) is 33.4 Å². The van der Waals surface area contributed by atoms with Crippen molar-refractivity contribution in [3.8, 4) is 0 Å². The van der Waals surface area contributed by atoms with Crippen LogP contribution in [0.2, 0.25) is 0 Å². The second-order valence-electron chi connectivity index (χ2n) is 4.53. The van der Waals surface area contributed by atoms with Crippen LogP contribution in [0.3, 0.4) is 0 Å². The summed E-state index contributed by atoms with van der Waals surface area (Å²) in [5.41, 5.74) is 2.30. The van der Waals surface area contributed by atoms with E-state index in [-0.39, 0.29) is 5.92 Å². The number of nitrogens with zero attached hydrogens (tertiary/aromatic N) is 3. The van der Waals surface area contributed by atoms with Gasteiger partial charge in [-0.15, -0.1) is 0 Å². The van der Waals surface area contributed by atoms with Gasteiger partial charge in [-0.1, -0.05) is 6.92 Å². The van der Waals surface area contributed by atoms with Gasteiger partial charge in [0.05, 0.1) is 17.3 Å². The molecule has 0 aromatic carbocycles. The highest BCUT2D eigenvalue weighted by Gasteiger charge is 2.32. The number of rotatable bonds is 5. The molecule has 0 unspecified atom stereocenters. The number of carboxylic acid groups (broad SMARTS) is 1. The summed E-state index contributed by atoms with van der Waals surface area (Å²) in [6, 6.07) is 2.12. The Morgan fingerprint density at radius 2 is 2.24 bits per heavy atom. The SMILES string of the molecule is CCc1cc(CN2CC(C(=O)O)C2)n(CC)n1. The number of aryl methyl sites for hydroxylation is 2. The molecule has 5 nitrogen and oxygen atoms in total. The molecule has 2 heterocycles. The average Bonchev–Trinajstić information content (AvgIpc) is 2.64. The second kappa shape index (κ2) is 4.87. The molecule has 94 valence electrons. The molecule has 1 aromatic heterocycles. The molecular formula is C12H19N3O2. The monoisotopic (exact) mass is 237 g/mol. The Labute approximate surface area is 101 Å². The molecule has 0 saturated carbocycles. The van der Waals surface area contributed by atoms with E-state index in [4.69, 9.17) is 5.11 Å². The van der Waals surface area contributed by atoms with Crippen LogP contribution in [0, 0.1) is 5.92 Å². The molecule has 0 atom stereocenters. The lowest BCUT2D eigenvalue weighted by Crippen LogP contribution is -2.49. The van der Waals surface area contributed by atoms with Gasteiger partial charge in [0.15, 0.2) is 0 Å². The average molecular weight is 237 g/mol. The quantitative estimate of drug-likeness (QED) is 0.829. The van der Waals surface area contributed by atoms with Crippen molar-refractivity contribution < 1.29 is 9.90 Å². The van der Waals surface area contributed by atoms with E-state index in [9.17, 15) is 4.79 Å². The summed E-state index contributed by atoms with van der Waals surface area (Å²) >= 11 is 0. The highest BCUT2D eigenvalue weighted by Crippen LogP contribution is 2.19. The Bertz CT molecular complexity index is 408. The van der Waals surface area contributed by atoms with Gasteiger partial charge in [-0.25, -0.2) is 0 Å². The summed E-state index contributed by atoms with van der Waals surface area (Å²) in [5, 5.41) is 13.3. The minimum Gasteiger partial charge on any atom is -0.481 e. The zero-order valence-corrected chi connectivity index (χ0v) is 10.4. The summed E-state index contributed by atoms with van der Waals surface area (Å²) < 4.78 is 2.01. The van der Waals surface area contributed by atoms with Gasteiger partial charge >= 0.3 is 5.97 Å². The summed E-state index contributed by atoms with van der Waals surface area (Å²) in [4.78, 5) is 12.9. The number of likely N-dealkylation sites (tertiary alicyclic amines) is 1. The van der Waals surface area contributed by atoms with Crippen molar-refractivity contribution >= 4 is 5.97 Å². The zero-order valence-electron chi connectivity index (χ0n) is 10.4. The van der Waals surface area contributed by atoms with E-state index in [2.05, 4.69) is 29.9 Å². The first-order valence-corrected chi connectivity index (χ1v) is 6.14. The fourth-order valence-corrected chi connectivity index (χ4v) is 2.17. The van der Waals surface area contributed by atoms with Crippen molar-refractivity contribution in [3.05, 3.63) is 17.5 Å². The molecule has 1 N–H and O–H groups in total. The van der Waals surface area contributed by atoms with E-state index < -0.39 is 5.97 Å². The Balaban J connectivity index is 1.95. The number of hydrogen-bond acceptors (Lipinski definition) is 3. The molecule has 1 saturated heterocycles. The van der Waals surface area contributed by atoms with Crippen LogP contribution in [0.25, 0.3) is 0 Å².